The molecule has 0 atom stereocenters. The SMILES string of the molecule is Cc1cc(-c2ccc(CS(C)(=O)=O)cn2)n[nH]1. The molecule has 17 heavy (non-hydrogen) atoms. The van der Waals surface area contributed by atoms with Gasteiger partial charge in [0.05, 0.1) is 11.4 Å². The minimum Gasteiger partial charge on any atom is -0.282 e. The Balaban J connectivity index is 2.24. The largest absolute Gasteiger partial charge is 0.282 e. The Kier molecular flexibility index (Phi) is 2.97. The molecule has 2 aromatic heterocycles. The van der Waals surface area contributed by atoms with E-state index in [1.54, 1.807) is 18.3 Å². The van der Waals surface area contributed by atoms with Gasteiger partial charge in [0.2, 0.25) is 0 Å². The second-order valence-electron chi connectivity index (χ2n) is 4.06. The molecule has 6 heteroatoms. The average molecular weight is 251 g/mol. The van der Waals surface area contributed by atoms with Gasteiger partial charge < -0.3 is 0 Å². The Hall–Kier alpha value is -1.69. The lowest BCUT2D eigenvalue weighted by atomic mass is 10.2. The van der Waals surface area contributed by atoms with Gasteiger partial charge in [-0.05, 0) is 24.6 Å². The maximum atomic E-state index is 11.1. The van der Waals surface area contributed by atoms with Crippen molar-refractivity contribution in [2.45, 2.75) is 12.7 Å². The summed E-state index contributed by atoms with van der Waals surface area (Å²) in [5.74, 6) is 0.0138. The first kappa shape index (κ1) is 11.8. The Bertz CT molecular complexity index is 614. The molecule has 0 aliphatic rings. The van der Waals surface area contributed by atoms with Crippen LogP contribution in [-0.4, -0.2) is 29.9 Å². The van der Waals surface area contributed by atoms with Crippen molar-refractivity contribution < 1.29 is 8.42 Å². The van der Waals surface area contributed by atoms with Gasteiger partial charge in [-0.25, -0.2) is 8.42 Å². The van der Waals surface area contributed by atoms with Gasteiger partial charge in [0.1, 0.15) is 5.69 Å². The van der Waals surface area contributed by atoms with Crippen LogP contribution in [0.2, 0.25) is 0 Å². The number of aryl methyl sites for hydroxylation is 1. The van der Waals surface area contributed by atoms with Crippen molar-refractivity contribution in [1.82, 2.24) is 15.2 Å². The second-order valence-corrected chi connectivity index (χ2v) is 6.20. The van der Waals surface area contributed by atoms with Gasteiger partial charge in [-0.1, -0.05) is 6.07 Å². The molecule has 0 saturated carbocycles. The predicted molar refractivity (Wildman–Crippen MR) is 65.1 cm³/mol. The summed E-state index contributed by atoms with van der Waals surface area (Å²) in [5.41, 5.74) is 3.13. The number of nitrogens with one attached hydrogen (secondary N) is 1. The van der Waals surface area contributed by atoms with Crippen LogP contribution in [0.25, 0.3) is 11.4 Å². The van der Waals surface area contributed by atoms with Gasteiger partial charge in [0.15, 0.2) is 9.84 Å². The van der Waals surface area contributed by atoms with Crippen molar-refractivity contribution in [2.75, 3.05) is 6.26 Å². The van der Waals surface area contributed by atoms with Crippen LogP contribution in [0.1, 0.15) is 11.3 Å². The molecule has 0 saturated heterocycles. The molecular formula is C11H13N3O2S. The topological polar surface area (TPSA) is 75.7 Å². The summed E-state index contributed by atoms with van der Waals surface area (Å²) >= 11 is 0. The lowest BCUT2D eigenvalue weighted by Gasteiger charge is -2.00. The molecule has 90 valence electrons. The summed E-state index contributed by atoms with van der Waals surface area (Å²) in [6.45, 7) is 1.91. The summed E-state index contributed by atoms with van der Waals surface area (Å²) in [5, 5.41) is 6.92. The van der Waals surface area contributed by atoms with E-state index >= 15 is 0 Å². The first-order valence-electron chi connectivity index (χ1n) is 5.09. The number of nitrogens with zero attached hydrogens (tertiary/aromatic N) is 2. The molecule has 0 aromatic carbocycles. The zero-order chi connectivity index (χ0) is 12.5. The second kappa shape index (κ2) is 4.29. The highest BCUT2D eigenvalue weighted by Gasteiger charge is 2.07. The quantitative estimate of drug-likeness (QED) is 0.892. The highest BCUT2D eigenvalue weighted by Crippen LogP contribution is 2.15. The fraction of sp³-hybridized carbons (Fsp3) is 0.273. The highest BCUT2D eigenvalue weighted by molar-refractivity contribution is 7.89. The van der Waals surface area contributed by atoms with Crippen LogP contribution in [0.3, 0.4) is 0 Å². The first-order chi connectivity index (χ1) is 7.94. The van der Waals surface area contributed by atoms with E-state index in [0.29, 0.717) is 5.56 Å². The number of aromatic nitrogens is 3. The molecule has 0 fully saturated rings. The van der Waals surface area contributed by atoms with Gasteiger partial charge in [0.25, 0.3) is 0 Å². The smallest absolute Gasteiger partial charge is 0.151 e. The molecule has 0 radical (unpaired) electrons. The molecule has 1 N–H and O–H groups in total. The highest BCUT2D eigenvalue weighted by atomic mass is 32.2. The molecular weight excluding hydrogens is 238 g/mol. The van der Waals surface area contributed by atoms with Crippen LogP contribution in [0.15, 0.2) is 24.4 Å². The number of H-pyrrole nitrogens is 1. The minimum atomic E-state index is -3.01. The maximum absolute atomic E-state index is 11.1. The van der Waals surface area contributed by atoms with E-state index in [0.717, 1.165) is 17.1 Å². The Morgan fingerprint density at radius 1 is 1.29 bits per heavy atom. The summed E-state index contributed by atoms with van der Waals surface area (Å²) in [6, 6.07) is 5.42. The zero-order valence-corrected chi connectivity index (χ0v) is 10.5. The summed E-state index contributed by atoms with van der Waals surface area (Å²) in [4.78, 5) is 4.20. The lowest BCUT2D eigenvalue weighted by molar-refractivity contribution is 0.601. The summed E-state index contributed by atoms with van der Waals surface area (Å²) in [7, 11) is -3.01. The summed E-state index contributed by atoms with van der Waals surface area (Å²) in [6.07, 6.45) is 2.78. The number of pyridine rings is 1. The number of aromatic amines is 1. The number of hydrogen-bond donors (Lipinski definition) is 1. The van der Waals surface area contributed by atoms with Crippen molar-refractivity contribution >= 4 is 9.84 Å². The molecule has 0 spiro atoms. The molecule has 2 aromatic rings. The normalized spacial score (nSPS) is 11.6. The summed E-state index contributed by atoms with van der Waals surface area (Å²) < 4.78 is 22.2. The fourth-order valence-corrected chi connectivity index (χ4v) is 2.29. The van der Waals surface area contributed by atoms with Crippen LogP contribution >= 0.6 is 0 Å². The van der Waals surface area contributed by atoms with Crippen LogP contribution in [0.4, 0.5) is 0 Å². The van der Waals surface area contributed by atoms with Crippen LogP contribution in [0.5, 0.6) is 0 Å². The van der Waals surface area contributed by atoms with Gasteiger partial charge in [-0.3, -0.25) is 10.1 Å². The van der Waals surface area contributed by atoms with E-state index in [4.69, 9.17) is 0 Å². The molecule has 0 unspecified atom stereocenters. The molecule has 0 aliphatic carbocycles. The molecule has 5 nitrogen and oxygen atoms in total. The third-order valence-corrected chi connectivity index (χ3v) is 3.08. The van der Waals surface area contributed by atoms with Crippen molar-refractivity contribution in [2.24, 2.45) is 0 Å². The van der Waals surface area contributed by atoms with Crippen LogP contribution in [0, 0.1) is 6.92 Å². The van der Waals surface area contributed by atoms with Crippen molar-refractivity contribution in [3.05, 3.63) is 35.7 Å². The van der Waals surface area contributed by atoms with Gasteiger partial charge in [0, 0.05) is 18.1 Å². The van der Waals surface area contributed by atoms with E-state index in [2.05, 4.69) is 15.2 Å². The molecule has 0 amide bonds. The predicted octanol–water partition coefficient (Wildman–Crippen LogP) is 1.32. The van der Waals surface area contributed by atoms with Gasteiger partial charge in [-0.2, -0.15) is 5.10 Å². The lowest BCUT2D eigenvalue weighted by Crippen LogP contribution is -2.01. The third kappa shape index (κ3) is 3.13. The number of hydrogen-bond acceptors (Lipinski definition) is 4. The molecule has 2 heterocycles. The van der Waals surface area contributed by atoms with Crippen molar-refractivity contribution in [3.63, 3.8) is 0 Å². The van der Waals surface area contributed by atoms with Crippen LogP contribution < -0.4 is 0 Å². The van der Waals surface area contributed by atoms with E-state index in [-0.39, 0.29) is 5.75 Å². The average Bonchev–Trinajstić information content (AvgIpc) is 2.63. The van der Waals surface area contributed by atoms with E-state index < -0.39 is 9.84 Å². The fourth-order valence-electron chi connectivity index (χ4n) is 1.51. The van der Waals surface area contributed by atoms with Gasteiger partial charge >= 0.3 is 0 Å². The molecule has 2 rings (SSSR count). The first-order valence-corrected chi connectivity index (χ1v) is 7.15. The van der Waals surface area contributed by atoms with E-state index in [1.165, 1.54) is 6.26 Å². The van der Waals surface area contributed by atoms with Gasteiger partial charge in [-0.15, -0.1) is 0 Å². The minimum absolute atomic E-state index is 0.0138. The zero-order valence-electron chi connectivity index (χ0n) is 9.64. The number of sulfone groups is 1. The van der Waals surface area contributed by atoms with Crippen LogP contribution in [-0.2, 0) is 15.6 Å². The third-order valence-electron chi connectivity index (χ3n) is 2.22. The Labute approximate surface area is 99.8 Å². The van der Waals surface area contributed by atoms with E-state index in [9.17, 15) is 8.42 Å². The number of rotatable bonds is 3. The van der Waals surface area contributed by atoms with E-state index in [1.807, 2.05) is 13.0 Å². The Morgan fingerprint density at radius 2 is 2.06 bits per heavy atom. The monoisotopic (exact) mass is 251 g/mol. The van der Waals surface area contributed by atoms with Crippen molar-refractivity contribution in [3.8, 4) is 11.4 Å². The molecule has 0 aliphatic heterocycles. The maximum Gasteiger partial charge on any atom is 0.151 e. The van der Waals surface area contributed by atoms with Crippen molar-refractivity contribution in [1.29, 1.82) is 0 Å². The standard InChI is InChI=1S/C11H13N3O2S/c1-8-5-11(14-13-8)10-4-3-9(6-12-10)7-17(2,15)16/h3-6H,7H2,1-2H3,(H,13,14). The molecule has 0 bridgehead atoms. The Morgan fingerprint density at radius 3 is 2.53 bits per heavy atom.